The van der Waals surface area contributed by atoms with E-state index in [1.807, 2.05) is 0 Å². The summed E-state index contributed by atoms with van der Waals surface area (Å²) in [7, 11) is 0. The van der Waals surface area contributed by atoms with Crippen LogP contribution in [-0.2, 0) is 42.9 Å². The Balaban J connectivity index is 2.64. The largest absolute Gasteiger partial charge is 0.479 e. The number of carboxylic acids is 1. The highest BCUT2D eigenvalue weighted by molar-refractivity contribution is 5.74. The molecular weight excluding hydrogens is 1090 g/mol. The lowest BCUT2D eigenvalue weighted by Gasteiger charge is -2.40. The number of carboxylic acid groups (broad SMARTS) is 1. The lowest BCUT2D eigenvalue weighted by Crippen LogP contribution is -2.61. The average molecular weight is 1220 g/mol. The lowest BCUT2D eigenvalue weighted by molar-refractivity contribution is -0.301. The van der Waals surface area contributed by atoms with Gasteiger partial charge in [-0.05, 0) is 96.3 Å². The molecule has 1 fully saturated rings. The topological polar surface area (TPSA) is 175 Å². The summed E-state index contributed by atoms with van der Waals surface area (Å²) < 4.78 is 28.6. The van der Waals surface area contributed by atoms with E-state index >= 15 is 0 Å². The number of aliphatic carboxylic acids is 1. The summed E-state index contributed by atoms with van der Waals surface area (Å²) in [6.45, 7) is 5.98. The number of aliphatic hydroxyl groups is 2. The van der Waals surface area contributed by atoms with Crippen LogP contribution in [0.2, 0.25) is 0 Å². The maximum atomic E-state index is 13.3. The molecule has 12 heteroatoms. The van der Waals surface area contributed by atoms with Crippen LogP contribution in [0.25, 0.3) is 0 Å². The number of aliphatic hydroxyl groups excluding tert-OH is 2. The van der Waals surface area contributed by atoms with Crippen molar-refractivity contribution >= 4 is 23.9 Å². The van der Waals surface area contributed by atoms with Crippen LogP contribution in [0, 0.1) is 0 Å². The highest BCUT2D eigenvalue weighted by atomic mass is 16.7. The molecule has 0 aromatic carbocycles. The first kappa shape index (κ1) is 81.2. The van der Waals surface area contributed by atoms with E-state index in [0.717, 1.165) is 128 Å². The van der Waals surface area contributed by atoms with Gasteiger partial charge in [-0.25, -0.2) is 4.79 Å². The van der Waals surface area contributed by atoms with Crippen LogP contribution in [0.4, 0.5) is 0 Å². The fourth-order valence-corrected chi connectivity index (χ4v) is 10.7. The minimum absolute atomic E-state index is 0.0601. The van der Waals surface area contributed by atoms with E-state index in [4.69, 9.17) is 23.7 Å². The van der Waals surface area contributed by atoms with Crippen LogP contribution < -0.4 is 0 Å². The number of carbonyl (C=O) groups is 4. The fraction of sp³-hybridized carbons (Fsp3) is 0.787. The van der Waals surface area contributed by atoms with Crippen molar-refractivity contribution in [3.05, 3.63) is 72.9 Å². The third kappa shape index (κ3) is 51.6. The Bertz CT molecular complexity index is 1790. The molecule has 0 bridgehead atoms. The van der Waals surface area contributed by atoms with E-state index < -0.39 is 67.3 Å². The summed E-state index contributed by atoms with van der Waals surface area (Å²) >= 11 is 0. The molecular formula is C75H130O12. The van der Waals surface area contributed by atoms with E-state index in [0.29, 0.717) is 19.3 Å². The molecule has 0 radical (unpaired) electrons. The highest BCUT2D eigenvalue weighted by Gasteiger charge is 2.50. The molecule has 0 spiro atoms. The van der Waals surface area contributed by atoms with Crippen LogP contribution in [0.15, 0.2) is 72.9 Å². The molecule has 1 saturated heterocycles. The Morgan fingerprint density at radius 1 is 0.379 bits per heavy atom. The zero-order valence-electron chi connectivity index (χ0n) is 55.8. The fourth-order valence-electron chi connectivity index (χ4n) is 10.7. The van der Waals surface area contributed by atoms with Gasteiger partial charge in [-0.15, -0.1) is 0 Å². The third-order valence-corrected chi connectivity index (χ3v) is 16.3. The Morgan fingerprint density at radius 2 is 0.690 bits per heavy atom. The SMILES string of the molecule is CCCCC/C=C\C/C=C\C/C=C\CCCCCCCCC(=O)OCC(COC1OC(C(=O)O)C(O)C(O)C1OC(=O)CCCCCCCCCCCCCCCCCCCCC)OC(=O)CCCCCCCC/C=C\C/C=C\C/C=C\CCCCC. The molecule has 502 valence electrons. The molecule has 1 rings (SSSR count). The van der Waals surface area contributed by atoms with Crippen molar-refractivity contribution in [1.82, 2.24) is 0 Å². The van der Waals surface area contributed by atoms with Crippen LogP contribution in [-0.4, -0.2) is 89.2 Å². The normalized spacial score (nSPS) is 17.7. The molecule has 1 heterocycles. The van der Waals surface area contributed by atoms with Gasteiger partial charge < -0.3 is 39.0 Å². The lowest BCUT2D eigenvalue weighted by atomic mass is 9.98. The Hall–Kier alpha value is -3.84. The van der Waals surface area contributed by atoms with E-state index in [9.17, 15) is 34.5 Å². The summed E-state index contributed by atoms with van der Waals surface area (Å²) in [6.07, 6.45) is 68.4. The molecule has 3 N–H and O–H groups in total. The molecule has 6 unspecified atom stereocenters. The van der Waals surface area contributed by atoms with Gasteiger partial charge in [0.2, 0.25) is 0 Å². The molecule has 1 aliphatic rings. The summed E-state index contributed by atoms with van der Waals surface area (Å²) in [6, 6.07) is 0. The molecule has 0 saturated carbocycles. The maximum Gasteiger partial charge on any atom is 0.335 e. The van der Waals surface area contributed by atoms with Crippen molar-refractivity contribution in [3.8, 4) is 0 Å². The van der Waals surface area contributed by atoms with Gasteiger partial charge in [-0.1, -0.05) is 286 Å². The molecule has 0 aromatic heterocycles. The summed E-state index contributed by atoms with van der Waals surface area (Å²) in [5.41, 5.74) is 0. The van der Waals surface area contributed by atoms with Crippen molar-refractivity contribution in [1.29, 1.82) is 0 Å². The minimum atomic E-state index is -1.91. The second-order valence-electron chi connectivity index (χ2n) is 24.5. The maximum absolute atomic E-state index is 13.3. The van der Waals surface area contributed by atoms with Gasteiger partial charge in [0.1, 0.15) is 18.8 Å². The van der Waals surface area contributed by atoms with E-state index in [-0.39, 0.29) is 25.9 Å². The number of unbranched alkanes of at least 4 members (excludes halogenated alkanes) is 36. The van der Waals surface area contributed by atoms with Gasteiger partial charge in [0.05, 0.1) is 6.61 Å². The molecule has 0 aromatic rings. The number of carbonyl (C=O) groups excluding carboxylic acids is 3. The first-order chi connectivity index (χ1) is 42.6. The first-order valence-electron chi connectivity index (χ1n) is 35.9. The van der Waals surface area contributed by atoms with Crippen LogP contribution in [0.3, 0.4) is 0 Å². The number of allylic oxidation sites excluding steroid dienone is 12. The average Bonchev–Trinajstić information content (AvgIpc) is 2.56. The van der Waals surface area contributed by atoms with Crippen LogP contribution in [0.5, 0.6) is 0 Å². The number of rotatable bonds is 62. The summed E-state index contributed by atoms with van der Waals surface area (Å²) in [4.78, 5) is 51.5. The number of hydrogen-bond acceptors (Lipinski definition) is 11. The van der Waals surface area contributed by atoms with Gasteiger partial charge in [0.25, 0.3) is 0 Å². The van der Waals surface area contributed by atoms with Gasteiger partial charge in [0.15, 0.2) is 24.6 Å². The molecule has 87 heavy (non-hydrogen) atoms. The van der Waals surface area contributed by atoms with Crippen molar-refractivity contribution < 1.29 is 58.2 Å². The predicted octanol–water partition coefficient (Wildman–Crippen LogP) is 20.0. The zero-order chi connectivity index (χ0) is 63.1. The molecule has 12 nitrogen and oxygen atoms in total. The third-order valence-electron chi connectivity index (χ3n) is 16.3. The molecule has 0 aliphatic carbocycles. The predicted molar refractivity (Wildman–Crippen MR) is 358 cm³/mol. The van der Waals surface area contributed by atoms with E-state index in [1.54, 1.807) is 0 Å². The molecule has 0 amide bonds. The molecule has 1 aliphatic heterocycles. The Kier molecular flexibility index (Phi) is 58.2. The van der Waals surface area contributed by atoms with Gasteiger partial charge in [-0.2, -0.15) is 0 Å². The highest BCUT2D eigenvalue weighted by Crippen LogP contribution is 2.27. The van der Waals surface area contributed by atoms with Gasteiger partial charge in [0, 0.05) is 19.3 Å². The van der Waals surface area contributed by atoms with Crippen molar-refractivity contribution in [3.63, 3.8) is 0 Å². The smallest absolute Gasteiger partial charge is 0.335 e. The van der Waals surface area contributed by atoms with Crippen molar-refractivity contribution in [2.24, 2.45) is 0 Å². The second kappa shape index (κ2) is 62.4. The quantitative estimate of drug-likeness (QED) is 0.0228. The monoisotopic (exact) mass is 1220 g/mol. The Labute approximate surface area is 531 Å². The molecule has 6 atom stereocenters. The van der Waals surface area contributed by atoms with Crippen LogP contribution >= 0.6 is 0 Å². The van der Waals surface area contributed by atoms with E-state index in [1.165, 1.54) is 141 Å². The van der Waals surface area contributed by atoms with Crippen LogP contribution in [0.1, 0.15) is 329 Å². The standard InChI is InChI=1S/C75H130O12/c1-4-7-10-13-16-19-22-25-28-31-34-37-40-43-46-49-52-55-58-61-67(76)83-64-66(85-68(77)62-59-56-53-50-47-44-41-38-35-32-29-26-23-20-17-14-11-8-5-2)65-84-75-73(71(80)70(79)72(87-75)74(81)82)86-69(78)63-60-57-54-51-48-45-42-39-36-33-30-27-24-21-18-15-12-9-6-3/h16-17,19-20,25-26,28-29,34-35,37-38,66,70-73,75,79-80H,4-15,18,21-24,27,30-33,36,39-65H2,1-3H3,(H,81,82)/b19-16-,20-17-,28-25-,29-26-,37-34-,38-35-. The minimum Gasteiger partial charge on any atom is -0.479 e. The van der Waals surface area contributed by atoms with Crippen molar-refractivity contribution in [2.75, 3.05) is 13.2 Å². The summed E-state index contributed by atoms with van der Waals surface area (Å²) in [5, 5.41) is 31.7. The zero-order valence-corrected chi connectivity index (χ0v) is 55.8. The van der Waals surface area contributed by atoms with Gasteiger partial charge >= 0.3 is 23.9 Å². The summed E-state index contributed by atoms with van der Waals surface area (Å²) in [5.74, 6) is -3.13. The number of ether oxygens (including phenoxy) is 5. The second-order valence-corrected chi connectivity index (χ2v) is 24.5. The van der Waals surface area contributed by atoms with Gasteiger partial charge in [-0.3, -0.25) is 14.4 Å². The number of esters is 3. The van der Waals surface area contributed by atoms with Crippen molar-refractivity contribution in [2.45, 2.75) is 366 Å². The Morgan fingerprint density at radius 3 is 1.07 bits per heavy atom. The first-order valence-corrected chi connectivity index (χ1v) is 35.9. The van der Waals surface area contributed by atoms with E-state index in [2.05, 4.69) is 93.7 Å². The number of hydrogen-bond donors (Lipinski definition) is 3.